The van der Waals surface area contributed by atoms with Gasteiger partial charge in [-0.3, -0.25) is 0 Å². The van der Waals surface area contributed by atoms with E-state index >= 15 is 0 Å². The van der Waals surface area contributed by atoms with E-state index in [1.807, 2.05) is 6.92 Å². The molecule has 1 heterocycles. The van der Waals surface area contributed by atoms with Crippen LogP contribution in [-0.2, 0) is 0 Å². The lowest BCUT2D eigenvalue weighted by molar-refractivity contribution is 0.514. The third-order valence-electron chi connectivity index (χ3n) is 2.83. The summed E-state index contributed by atoms with van der Waals surface area (Å²) in [7, 11) is 0. The number of nitrogen functional groups attached to an aromatic ring is 1. The van der Waals surface area contributed by atoms with E-state index < -0.39 is 11.6 Å². The Hall–Kier alpha value is -1.18. The highest BCUT2D eigenvalue weighted by molar-refractivity contribution is 14.1. The van der Waals surface area contributed by atoms with E-state index in [9.17, 15) is 8.78 Å². The standard InChI is InChI=1S/C12H12F2IN3/c1-6-11(15)12(16)18(17-6)7(2)9-4-3-8(13)5-10(9)14/h3-5,7H,16H2,1-2H3. The number of nitrogens with zero attached hydrogens (tertiary/aromatic N) is 2. The van der Waals surface area contributed by atoms with Crippen LogP contribution in [0.5, 0.6) is 0 Å². The maximum Gasteiger partial charge on any atom is 0.136 e. The quantitative estimate of drug-likeness (QED) is 0.833. The molecule has 3 nitrogen and oxygen atoms in total. The van der Waals surface area contributed by atoms with Gasteiger partial charge in [-0.2, -0.15) is 5.10 Å². The van der Waals surface area contributed by atoms with Crippen LogP contribution in [0, 0.1) is 22.1 Å². The van der Waals surface area contributed by atoms with Crippen LogP contribution < -0.4 is 5.73 Å². The fourth-order valence-electron chi connectivity index (χ4n) is 1.81. The van der Waals surface area contributed by atoms with Gasteiger partial charge >= 0.3 is 0 Å². The highest BCUT2D eigenvalue weighted by Gasteiger charge is 2.19. The van der Waals surface area contributed by atoms with Crippen LogP contribution in [0.1, 0.15) is 24.2 Å². The molecule has 0 aliphatic rings. The minimum Gasteiger partial charge on any atom is -0.383 e. The van der Waals surface area contributed by atoms with E-state index in [0.717, 1.165) is 15.3 Å². The number of halogens is 3. The molecule has 1 aromatic carbocycles. The lowest BCUT2D eigenvalue weighted by atomic mass is 10.1. The van der Waals surface area contributed by atoms with Crippen molar-refractivity contribution in [2.75, 3.05) is 5.73 Å². The first-order valence-electron chi connectivity index (χ1n) is 5.37. The van der Waals surface area contributed by atoms with E-state index in [2.05, 4.69) is 27.7 Å². The minimum absolute atomic E-state index is 0.363. The summed E-state index contributed by atoms with van der Waals surface area (Å²) in [6, 6.07) is 3.13. The molecule has 1 aromatic heterocycles. The Balaban J connectivity index is 2.47. The first kappa shape index (κ1) is 13.3. The number of benzene rings is 1. The molecule has 1 unspecified atom stereocenters. The second-order valence-electron chi connectivity index (χ2n) is 4.07. The van der Waals surface area contributed by atoms with Gasteiger partial charge in [0.1, 0.15) is 17.5 Å². The molecule has 0 spiro atoms. The van der Waals surface area contributed by atoms with Gasteiger partial charge < -0.3 is 5.73 Å². The van der Waals surface area contributed by atoms with Crippen molar-refractivity contribution in [3.63, 3.8) is 0 Å². The predicted octanol–water partition coefficient (Wildman–Crippen LogP) is 3.27. The number of rotatable bonds is 2. The molecule has 2 aromatic rings. The molecule has 2 N–H and O–H groups in total. The van der Waals surface area contributed by atoms with Gasteiger partial charge in [0.15, 0.2) is 0 Å². The molecule has 1 atom stereocenters. The monoisotopic (exact) mass is 363 g/mol. The van der Waals surface area contributed by atoms with Gasteiger partial charge in [-0.25, -0.2) is 13.5 Å². The summed E-state index contributed by atoms with van der Waals surface area (Å²) in [4.78, 5) is 0. The summed E-state index contributed by atoms with van der Waals surface area (Å²) in [5.41, 5.74) is 7.08. The Morgan fingerprint density at radius 2 is 2.06 bits per heavy atom. The highest BCUT2D eigenvalue weighted by atomic mass is 127. The Kier molecular flexibility index (Phi) is 3.56. The van der Waals surface area contributed by atoms with Crippen LogP contribution in [0.25, 0.3) is 0 Å². The zero-order valence-corrected chi connectivity index (χ0v) is 12.1. The summed E-state index contributed by atoms with van der Waals surface area (Å²) >= 11 is 2.09. The number of anilines is 1. The van der Waals surface area contributed by atoms with Crippen LogP contribution in [0.2, 0.25) is 0 Å². The first-order chi connectivity index (χ1) is 8.41. The molecule has 0 aliphatic heterocycles. The van der Waals surface area contributed by atoms with Crippen molar-refractivity contribution in [2.24, 2.45) is 0 Å². The average molecular weight is 363 g/mol. The molecule has 0 amide bonds. The minimum atomic E-state index is -0.595. The van der Waals surface area contributed by atoms with Crippen molar-refractivity contribution in [1.82, 2.24) is 9.78 Å². The van der Waals surface area contributed by atoms with Crippen LogP contribution in [-0.4, -0.2) is 9.78 Å². The van der Waals surface area contributed by atoms with Crippen LogP contribution in [0.4, 0.5) is 14.6 Å². The molecular weight excluding hydrogens is 351 g/mol. The SMILES string of the molecule is Cc1nn(C(C)c2ccc(F)cc2F)c(N)c1I. The van der Waals surface area contributed by atoms with Crippen LogP contribution in [0.15, 0.2) is 18.2 Å². The lowest BCUT2D eigenvalue weighted by Crippen LogP contribution is -2.13. The Labute approximate surface area is 117 Å². The predicted molar refractivity (Wildman–Crippen MR) is 74.3 cm³/mol. The normalized spacial score (nSPS) is 12.7. The topological polar surface area (TPSA) is 43.8 Å². The molecule has 0 saturated heterocycles. The second-order valence-corrected chi connectivity index (χ2v) is 5.15. The third-order valence-corrected chi connectivity index (χ3v) is 4.16. The molecule has 0 fully saturated rings. The second kappa shape index (κ2) is 4.83. The summed E-state index contributed by atoms with van der Waals surface area (Å²) in [6.45, 7) is 3.61. The van der Waals surface area contributed by atoms with E-state index in [-0.39, 0.29) is 6.04 Å². The molecule has 0 bridgehead atoms. The van der Waals surface area contributed by atoms with Gasteiger partial charge in [0.2, 0.25) is 0 Å². The molecule has 2 rings (SSSR count). The Morgan fingerprint density at radius 1 is 1.39 bits per heavy atom. The number of aromatic nitrogens is 2. The van der Waals surface area contributed by atoms with Crippen LogP contribution >= 0.6 is 22.6 Å². The molecule has 96 valence electrons. The highest BCUT2D eigenvalue weighted by Crippen LogP contribution is 2.27. The summed E-state index contributed by atoms with van der Waals surface area (Å²) in [6.07, 6.45) is 0. The number of aryl methyl sites for hydroxylation is 1. The smallest absolute Gasteiger partial charge is 0.136 e. The van der Waals surface area contributed by atoms with Gasteiger partial charge in [-0.05, 0) is 42.5 Å². The van der Waals surface area contributed by atoms with Crippen molar-refractivity contribution in [3.05, 3.63) is 44.7 Å². The largest absolute Gasteiger partial charge is 0.383 e. The summed E-state index contributed by atoms with van der Waals surface area (Å²) < 4.78 is 29.0. The fraction of sp³-hybridized carbons (Fsp3) is 0.250. The summed E-state index contributed by atoms with van der Waals surface area (Å²) in [5, 5.41) is 4.27. The average Bonchev–Trinajstić information content (AvgIpc) is 2.56. The third kappa shape index (κ3) is 2.21. The van der Waals surface area contributed by atoms with Crippen molar-refractivity contribution < 1.29 is 8.78 Å². The van der Waals surface area contributed by atoms with Crippen molar-refractivity contribution in [1.29, 1.82) is 0 Å². The number of hydrogen-bond acceptors (Lipinski definition) is 2. The summed E-state index contributed by atoms with van der Waals surface area (Å²) in [5.74, 6) is -0.697. The van der Waals surface area contributed by atoms with E-state index in [1.165, 1.54) is 12.1 Å². The molecule has 6 heteroatoms. The molecule has 0 saturated carbocycles. The first-order valence-corrected chi connectivity index (χ1v) is 6.44. The van der Waals surface area contributed by atoms with Crippen LogP contribution in [0.3, 0.4) is 0 Å². The molecule has 0 radical (unpaired) electrons. The van der Waals surface area contributed by atoms with E-state index in [1.54, 1.807) is 11.6 Å². The lowest BCUT2D eigenvalue weighted by Gasteiger charge is -2.15. The van der Waals surface area contributed by atoms with Crippen molar-refractivity contribution in [3.8, 4) is 0 Å². The van der Waals surface area contributed by atoms with Gasteiger partial charge in [0.05, 0.1) is 15.3 Å². The zero-order valence-electron chi connectivity index (χ0n) is 9.92. The van der Waals surface area contributed by atoms with Gasteiger partial charge in [-0.15, -0.1) is 0 Å². The Bertz CT molecular complexity index is 595. The Morgan fingerprint density at radius 3 is 2.56 bits per heavy atom. The van der Waals surface area contributed by atoms with E-state index in [0.29, 0.717) is 11.4 Å². The molecular formula is C12H12F2IN3. The maximum atomic E-state index is 13.7. The fourth-order valence-corrected chi connectivity index (χ4v) is 2.17. The van der Waals surface area contributed by atoms with Gasteiger partial charge in [0, 0.05) is 11.6 Å². The molecule has 0 aliphatic carbocycles. The zero-order chi connectivity index (χ0) is 13.4. The van der Waals surface area contributed by atoms with Crippen molar-refractivity contribution in [2.45, 2.75) is 19.9 Å². The maximum absolute atomic E-state index is 13.7. The van der Waals surface area contributed by atoms with Gasteiger partial charge in [-0.1, -0.05) is 6.07 Å². The number of hydrogen-bond donors (Lipinski definition) is 1. The number of nitrogens with two attached hydrogens (primary N) is 1. The van der Waals surface area contributed by atoms with Gasteiger partial charge in [0.25, 0.3) is 0 Å². The van der Waals surface area contributed by atoms with E-state index in [4.69, 9.17) is 5.73 Å². The van der Waals surface area contributed by atoms with Crippen molar-refractivity contribution >= 4 is 28.4 Å². The molecule has 18 heavy (non-hydrogen) atoms.